The zero-order chi connectivity index (χ0) is 22.3. The quantitative estimate of drug-likeness (QED) is 0.586. The van der Waals surface area contributed by atoms with Gasteiger partial charge in [0.25, 0.3) is 0 Å². The number of rotatable bonds is 3. The summed E-state index contributed by atoms with van der Waals surface area (Å²) < 4.78 is 0. The topological polar surface area (TPSA) is 37.3 Å². The van der Waals surface area contributed by atoms with Crippen LogP contribution >= 0.6 is 0 Å². The molecule has 2 aromatic rings. The molecule has 0 amide bonds. The third-order valence-corrected chi connectivity index (χ3v) is 6.55. The molecule has 1 saturated carbocycles. The second kappa shape index (κ2) is 8.21. The highest BCUT2D eigenvalue weighted by atomic mass is 16.3. The second-order valence-corrected chi connectivity index (χ2v) is 11.2. The van der Waals surface area contributed by atoms with Crippen molar-refractivity contribution in [3.63, 3.8) is 0 Å². The predicted octanol–water partition coefficient (Wildman–Crippen LogP) is 7.19. The molecule has 1 aliphatic rings. The standard InChI is InChI=1S/C28H38O2/c1-18-12-14-19(15-13-18)25(21-10-8-9-11-24(21)29)20-16-22(27(2,3)4)26(30)23(17-20)28(5,6)7/h12-17,21,25,30H,8-11H2,1-7H3. The lowest BCUT2D eigenvalue weighted by molar-refractivity contribution is -0.125. The van der Waals surface area contributed by atoms with Crippen LogP contribution in [0.15, 0.2) is 36.4 Å². The molecular weight excluding hydrogens is 368 g/mol. The van der Waals surface area contributed by atoms with Gasteiger partial charge in [0.1, 0.15) is 11.5 Å². The largest absolute Gasteiger partial charge is 0.507 e. The Morgan fingerprint density at radius 2 is 1.40 bits per heavy atom. The molecular formula is C28H38O2. The van der Waals surface area contributed by atoms with Gasteiger partial charge in [-0.2, -0.15) is 0 Å². The van der Waals surface area contributed by atoms with Crippen LogP contribution in [0.2, 0.25) is 0 Å². The molecule has 3 rings (SSSR count). The van der Waals surface area contributed by atoms with Crippen LogP contribution in [-0.2, 0) is 15.6 Å². The Morgan fingerprint density at radius 1 is 0.867 bits per heavy atom. The van der Waals surface area contributed by atoms with Gasteiger partial charge in [0.15, 0.2) is 0 Å². The van der Waals surface area contributed by atoms with Crippen molar-refractivity contribution in [3.05, 3.63) is 64.2 Å². The number of ketones is 1. The van der Waals surface area contributed by atoms with Crippen molar-refractivity contribution in [2.45, 2.75) is 90.9 Å². The van der Waals surface area contributed by atoms with Crippen molar-refractivity contribution < 1.29 is 9.90 Å². The van der Waals surface area contributed by atoms with E-state index in [-0.39, 0.29) is 22.7 Å². The van der Waals surface area contributed by atoms with Crippen LogP contribution in [0.4, 0.5) is 0 Å². The Balaban J connectivity index is 2.27. The van der Waals surface area contributed by atoms with E-state index in [9.17, 15) is 9.90 Å². The maximum atomic E-state index is 13.0. The Hall–Kier alpha value is -2.09. The average molecular weight is 407 g/mol. The number of phenolic OH excluding ortho intramolecular Hbond substituents is 1. The minimum atomic E-state index is -0.186. The molecule has 2 nitrogen and oxygen atoms in total. The molecule has 0 saturated heterocycles. The van der Waals surface area contributed by atoms with E-state index >= 15 is 0 Å². The van der Waals surface area contributed by atoms with E-state index in [4.69, 9.17) is 0 Å². The monoisotopic (exact) mass is 406 g/mol. The number of hydrogen-bond donors (Lipinski definition) is 1. The van der Waals surface area contributed by atoms with Crippen molar-refractivity contribution >= 4 is 5.78 Å². The van der Waals surface area contributed by atoms with Gasteiger partial charge in [-0.05, 0) is 52.8 Å². The molecule has 0 bridgehead atoms. The van der Waals surface area contributed by atoms with Crippen LogP contribution < -0.4 is 0 Å². The van der Waals surface area contributed by atoms with Gasteiger partial charge < -0.3 is 5.11 Å². The normalized spacial score (nSPS) is 19.0. The third-order valence-electron chi connectivity index (χ3n) is 6.55. The maximum absolute atomic E-state index is 13.0. The SMILES string of the molecule is Cc1ccc(C(c2cc(C(C)(C)C)c(O)c(C(C)(C)C)c2)C2CCCCC2=O)cc1. The lowest BCUT2D eigenvalue weighted by Crippen LogP contribution is -2.27. The molecule has 0 spiro atoms. The number of hydrogen-bond acceptors (Lipinski definition) is 2. The summed E-state index contributed by atoms with van der Waals surface area (Å²) in [5.41, 5.74) is 5.14. The van der Waals surface area contributed by atoms with E-state index in [0.29, 0.717) is 18.0 Å². The van der Waals surface area contributed by atoms with Crippen molar-refractivity contribution in [2.24, 2.45) is 5.92 Å². The van der Waals surface area contributed by atoms with Crippen LogP contribution in [0.3, 0.4) is 0 Å². The highest BCUT2D eigenvalue weighted by Crippen LogP contribution is 2.45. The van der Waals surface area contributed by atoms with Crippen LogP contribution in [0, 0.1) is 12.8 Å². The number of phenols is 1. The Labute approximate surface area is 182 Å². The number of aromatic hydroxyl groups is 1. The summed E-state index contributed by atoms with van der Waals surface area (Å²) in [5, 5.41) is 11.2. The summed E-state index contributed by atoms with van der Waals surface area (Å²) in [6.07, 6.45) is 3.73. The first-order valence-corrected chi connectivity index (χ1v) is 11.4. The van der Waals surface area contributed by atoms with E-state index in [0.717, 1.165) is 36.0 Å². The first kappa shape index (κ1) is 22.6. The minimum absolute atomic E-state index is 0.00614. The lowest BCUT2D eigenvalue weighted by atomic mass is 9.70. The molecule has 2 unspecified atom stereocenters. The van der Waals surface area contributed by atoms with Crippen molar-refractivity contribution in [3.8, 4) is 5.75 Å². The molecule has 0 radical (unpaired) electrons. The van der Waals surface area contributed by atoms with E-state index < -0.39 is 0 Å². The zero-order valence-corrected chi connectivity index (χ0v) is 19.8. The van der Waals surface area contributed by atoms with Crippen LogP contribution in [-0.4, -0.2) is 10.9 Å². The Morgan fingerprint density at radius 3 is 1.87 bits per heavy atom. The minimum Gasteiger partial charge on any atom is -0.507 e. The van der Waals surface area contributed by atoms with Crippen LogP contribution in [0.5, 0.6) is 5.75 Å². The molecule has 1 aliphatic carbocycles. The average Bonchev–Trinajstić information content (AvgIpc) is 2.64. The number of carbonyl (C=O) groups excluding carboxylic acids is 1. The van der Waals surface area contributed by atoms with Crippen molar-refractivity contribution in [2.75, 3.05) is 0 Å². The molecule has 0 heterocycles. The summed E-state index contributed by atoms with van der Waals surface area (Å²) in [6, 6.07) is 13.0. The molecule has 2 aromatic carbocycles. The highest BCUT2D eigenvalue weighted by molar-refractivity contribution is 5.83. The summed E-state index contributed by atoms with van der Waals surface area (Å²) in [5.74, 6) is 0.818. The van der Waals surface area contributed by atoms with E-state index in [2.05, 4.69) is 84.9 Å². The summed E-state index contributed by atoms with van der Waals surface area (Å²) in [7, 11) is 0. The third kappa shape index (κ3) is 4.63. The van der Waals surface area contributed by atoms with E-state index in [1.807, 2.05) is 0 Å². The molecule has 1 N–H and O–H groups in total. The van der Waals surface area contributed by atoms with Crippen molar-refractivity contribution in [1.82, 2.24) is 0 Å². The van der Waals surface area contributed by atoms with Crippen molar-refractivity contribution in [1.29, 1.82) is 0 Å². The van der Waals surface area contributed by atoms with Gasteiger partial charge in [-0.25, -0.2) is 0 Å². The molecule has 2 heteroatoms. The second-order valence-electron chi connectivity index (χ2n) is 11.2. The van der Waals surface area contributed by atoms with Crippen LogP contribution in [0.1, 0.15) is 101 Å². The number of Topliss-reactive ketones (excluding diaryl/α,β-unsaturated/α-hetero) is 1. The van der Waals surface area contributed by atoms with Gasteiger partial charge in [-0.15, -0.1) is 0 Å². The number of aryl methyl sites for hydroxylation is 1. The first-order valence-electron chi connectivity index (χ1n) is 11.4. The van der Waals surface area contributed by atoms with E-state index in [1.54, 1.807) is 0 Å². The summed E-state index contributed by atoms with van der Waals surface area (Å²) in [4.78, 5) is 13.0. The fourth-order valence-corrected chi connectivity index (χ4v) is 4.77. The lowest BCUT2D eigenvalue weighted by Gasteiger charge is -2.34. The highest BCUT2D eigenvalue weighted by Gasteiger charge is 2.35. The molecule has 0 aliphatic heterocycles. The molecule has 1 fully saturated rings. The van der Waals surface area contributed by atoms with Gasteiger partial charge in [-0.1, -0.05) is 89.9 Å². The van der Waals surface area contributed by atoms with Gasteiger partial charge >= 0.3 is 0 Å². The van der Waals surface area contributed by atoms with Crippen LogP contribution in [0.25, 0.3) is 0 Å². The predicted molar refractivity (Wildman–Crippen MR) is 125 cm³/mol. The van der Waals surface area contributed by atoms with Gasteiger partial charge in [0.05, 0.1) is 0 Å². The summed E-state index contributed by atoms with van der Waals surface area (Å²) >= 11 is 0. The Bertz CT molecular complexity index is 872. The fraction of sp³-hybridized carbons (Fsp3) is 0.536. The fourth-order valence-electron chi connectivity index (χ4n) is 4.77. The number of carbonyl (C=O) groups is 1. The van der Waals surface area contributed by atoms with Gasteiger partial charge in [0.2, 0.25) is 0 Å². The summed E-state index contributed by atoms with van der Waals surface area (Å²) in [6.45, 7) is 15.0. The molecule has 162 valence electrons. The zero-order valence-electron chi connectivity index (χ0n) is 19.8. The van der Waals surface area contributed by atoms with Gasteiger partial charge in [-0.3, -0.25) is 4.79 Å². The first-order chi connectivity index (χ1) is 13.9. The maximum Gasteiger partial charge on any atom is 0.136 e. The molecule has 30 heavy (non-hydrogen) atoms. The smallest absolute Gasteiger partial charge is 0.136 e. The molecule has 0 aromatic heterocycles. The molecule has 2 atom stereocenters. The Kier molecular flexibility index (Phi) is 6.18. The van der Waals surface area contributed by atoms with Gasteiger partial charge in [0, 0.05) is 18.3 Å². The van der Waals surface area contributed by atoms with E-state index in [1.165, 1.54) is 11.1 Å². The number of benzene rings is 2.